The summed E-state index contributed by atoms with van der Waals surface area (Å²) in [7, 11) is 0. The minimum atomic E-state index is -0.397. The summed E-state index contributed by atoms with van der Waals surface area (Å²) >= 11 is 1.93. The van der Waals surface area contributed by atoms with E-state index in [0.717, 1.165) is 18.8 Å². The molecule has 4 heteroatoms. The Morgan fingerprint density at radius 1 is 1.44 bits per heavy atom. The molecule has 94 valence electrons. The van der Waals surface area contributed by atoms with Crippen molar-refractivity contribution in [3.8, 4) is 0 Å². The molecule has 0 radical (unpaired) electrons. The minimum Gasteiger partial charge on any atom is -0.339 e. The van der Waals surface area contributed by atoms with Gasteiger partial charge in [0.25, 0.3) is 0 Å². The molecule has 1 aliphatic heterocycles. The Morgan fingerprint density at radius 3 is 2.44 bits per heavy atom. The molecule has 0 bridgehead atoms. The van der Waals surface area contributed by atoms with E-state index < -0.39 is 6.04 Å². The highest BCUT2D eigenvalue weighted by Gasteiger charge is 2.35. The molecule has 0 aromatic heterocycles. The first-order valence-corrected chi connectivity index (χ1v) is 6.80. The van der Waals surface area contributed by atoms with Crippen molar-refractivity contribution in [3.63, 3.8) is 0 Å². The van der Waals surface area contributed by atoms with Crippen LogP contribution in [0.2, 0.25) is 0 Å². The molecule has 16 heavy (non-hydrogen) atoms. The average Bonchev–Trinajstić information content (AvgIpc) is 2.12. The SMILES string of the molecule is CC1(C)CN(C(=O)[C@@H](N)C(C)(C)C)CCS1. The number of carbonyl (C=O) groups excluding carboxylic acids is 1. The molecule has 0 aromatic rings. The van der Waals surface area contributed by atoms with Gasteiger partial charge < -0.3 is 10.6 Å². The lowest BCUT2D eigenvalue weighted by Gasteiger charge is -2.40. The Hall–Kier alpha value is -0.220. The average molecular weight is 244 g/mol. The second kappa shape index (κ2) is 4.57. The van der Waals surface area contributed by atoms with E-state index in [1.165, 1.54) is 0 Å². The Balaban J connectivity index is 2.68. The van der Waals surface area contributed by atoms with Gasteiger partial charge in [0.05, 0.1) is 6.04 Å². The van der Waals surface area contributed by atoms with Gasteiger partial charge in [-0.05, 0) is 19.3 Å². The van der Waals surface area contributed by atoms with Crippen molar-refractivity contribution in [3.05, 3.63) is 0 Å². The van der Waals surface area contributed by atoms with Gasteiger partial charge in [0.15, 0.2) is 0 Å². The summed E-state index contributed by atoms with van der Waals surface area (Å²) in [6.45, 7) is 12.0. The first kappa shape index (κ1) is 13.8. The standard InChI is InChI=1S/C12H24N2OS/c1-11(2,3)9(13)10(15)14-6-7-16-12(4,5)8-14/h9H,6-8,13H2,1-5H3/t9-/m1/s1. The van der Waals surface area contributed by atoms with Gasteiger partial charge in [-0.25, -0.2) is 0 Å². The maximum Gasteiger partial charge on any atom is 0.240 e. The Kier molecular flexibility index (Phi) is 3.95. The number of hydrogen-bond acceptors (Lipinski definition) is 3. The van der Waals surface area contributed by atoms with E-state index in [-0.39, 0.29) is 16.1 Å². The third-order valence-electron chi connectivity index (χ3n) is 2.94. The van der Waals surface area contributed by atoms with E-state index >= 15 is 0 Å². The van der Waals surface area contributed by atoms with Crippen molar-refractivity contribution in [1.29, 1.82) is 0 Å². The summed E-state index contributed by atoms with van der Waals surface area (Å²) in [6.07, 6.45) is 0. The maximum atomic E-state index is 12.2. The number of hydrogen-bond donors (Lipinski definition) is 1. The first-order chi connectivity index (χ1) is 7.13. The smallest absolute Gasteiger partial charge is 0.240 e. The molecule has 1 aliphatic rings. The molecule has 3 nitrogen and oxygen atoms in total. The van der Waals surface area contributed by atoms with E-state index in [4.69, 9.17) is 5.73 Å². The monoisotopic (exact) mass is 244 g/mol. The lowest BCUT2D eigenvalue weighted by atomic mass is 9.86. The molecule has 0 saturated carbocycles. The van der Waals surface area contributed by atoms with Gasteiger partial charge in [0.1, 0.15) is 0 Å². The van der Waals surface area contributed by atoms with Crippen LogP contribution in [0, 0.1) is 5.41 Å². The molecule has 0 aromatic carbocycles. The van der Waals surface area contributed by atoms with E-state index in [0.29, 0.717) is 0 Å². The highest BCUT2D eigenvalue weighted by Crippen LogP contribution is 2.30. The summed E-state index contributed by atoms with van der Waals surface area (Å²) in [5.41, 5.74) is 5.85. The van der Waals surface area contributed by atoms with Gasteiger partial charge in [0.2, 0.25) is 5.91 Å². The van der Waals surface area contributed by atoms with Crippen LogP contribution in [0.25, 0.3) is 0 Å². The number of nitrogens with zero attached hydrogens (tertiary/aromatic N) is 1. The summed E-state index contributed by atoms with van der Waals surface area (Å²) in [5.74, 6) is 1.11. The van der Waals surface area contributed by atoms with Crippen LogP contribution in [0.5, 0.6) is 0 Å². The molecule has 1 rings (SSSR count). The van der Waals surface area contributed by atoms with Crippen LogP contribution in [-0.2, 0) is 4.79 Å². The normalized spacial score (nSPS) is 23.0. The molecule has 0 unspecified atom stereocenters. The number of nitrogens with two attached hydrogens (primary N) is 1. The Bertz CT molecular complexity index is 271. The Morgan fingerprint density at radius 2 is 2.00 bits per heavy atom. The Labute approximate surface area is 103 Å². The third kappa shape index (κ3) is 3.39. The molecular formula is C12H24N2OS. The van der Waals surface area contributed by atoms with E-state index in [9.17, 15) is 4.79 Å². The van der Waals surface area contributed by atoms with Crippen molar-refractivity contribution in [2.75, 3.05) is 18.8 Å². The molecule has 1 fully saturated rings. The first-order valence-electron chi connectivity index (χ1n) is 5.82. The number of carbonyl (C=O) groups is 1. The maximum absolute atomic E-state index is 12.2. The second-order valence-corrected chi connectivity index (χ2v) is 8.01. The fourth-order valence-electron chi connectivity index (χ4n) is 1.77. The van der Waals surface area contributed by atoms with Gasteiger partial charge in [-0.2, -0.15) is 11.8 Å². The zero-order valence-corrected chi connectivity index (χ0v) is 11.9. The predicted octanol–water partition coefficient (Wildman–Crippen LogP) is 1.71. The summed E-state index contributed by atoms with van der Waals surface area (Å²) in [5, 5.41) is 0. The van der Waals surface area contributed by atoms with Gasteiger partial charge in [0, 0.05) is 23.6 Å². The van der Waals surface area contributed by atoms with Crippen molar-refractivity contribution in [2.24, 2.45) is 11.1 Å². The topological polar surface area (TPSA) is 46.3 Å². The van der Waals surface area contributed by atoms with E-state index in [2.05, 4.69) is 13.8 Å². The van der Waals surface area contributed by atoms with Crippen LogP contribution in [-0.4, -0.2) is 40.4 Å². The van der Waals surface area contributed by atoms with Crippen molar-refractivity contribution < 1.29 is 4.79 Å². The fraction of sp³-hybridized carbons (Fsp3) is 0.917. The van der Waals surface area contributed by atoms with Crippen LogP contribution in [0.1, 0.15) is 34.6 Å². The quantitative estimate of drug-likeness (QED) is 0.764. The summed E-state index contributed by atoms with van der Waals surface area (Å²) in [6, 6.07) is -0.397. The number of rotatable bonds is 1. The number of thioether (sulfide) groups is 1. The van der Waals surface area contributed by atoms with Crippen LogP contribution in [0.15, 0.2) is 0 Å². The predicted molar refractivity (Wildman–Crippen MR) is 70.5 cm³/mol. The zero-order valence-electron chi connectivity index (χ0n) is 11.0. The molecule has 0 aliphatic carbocycles. The minimum absolute atomic E-state index is 0.0980. The van der Waals surface area contributed by atoms with E-state index in [1.54, 1.807) is 0 Å². The van der Waals surface area contributed by atoms with Gasteiger partial charge in [-0.3, -0.25) is 4.79 Å². The third-order valence-corrected chi connectivity index (χ3v) is 4.23. The van der Waals surface area contributed by atoms with Crippen LogP contribution >= 0.6 is 11.8 Å². The van der Waals surface area contributed by atoms with Crippen molar-refractivity contribution in [1.82, 2.24) is 4.90 Å². The lowest BCUT2D eigenvalue weighted by molar-refractivity contribution is -0.135. The molecule has 1 atom stereocenters. The molecule has 1 amide bonds. The number of amides is 1. The van der Waals surface area contributed by atoms with Gasteiger partial charge in [-0.15, -0.1) is 0 Å². The van der Waals surface area contributed by atoms with Crippen LogP contribution in [0.4, 0.5) is 0 Å². The largest absolute Gasteiger partial charge is 0.339 e. The zero-order chi connectivity index (χ0) is 12.6. The second-order valence-electron chi connectivity index (χ2n) is 6.21. The van der Waals surface area contributed by atoms with E-state index in [1.807, 2.05) is 37.4 Å². The molecule has 2 N–H and O–H groups in total. The van der Waals surface area contributed by atoms with Crippen molar-refractivity contribution >= 4 is 17.7 Å². The van der Waals surface area contributed by atoms with Crippen LogP contribution < -0.4 is 5.73 Å². The summed E-state index contributed by atoms with van der Waals surface area (Å²) < 4.78 is 0.158. The highest BCUT2D eigenvalue weighted by molar-refractivity contribution is 8.00. The molecule has 1 saturated heterocycles. The van der Waals surface area contributed by atoms with Gasteiger partial charge in [-0.1, -0.05) is 20.8 Å². The van der Waals surface area contributed by atoms with Gasteiger partial charge >= 0.3 is 0 Å². The van der Waals surface area contributed by atoms with Crippen LogP contribution in [0.3, 0.4) is 0 Å². The molecular weight excluding hydrogens is 220 g/mol. The van der Waals surface area contributed by atoms with Crippen molar-refractivity contribution in [2.45, 2.75) is 45.4 Å². The molecule has 0 spiro atoms. The lowest BCUT2D eigenvalue weighted by Crippen LogP contribution is -2.55. The highest BCUT2D eigenvalue weighted by atomic mass is 32.2. The molecule has 1 heterocycles. The fourth-order valence-corrected chi connectivity index (χ4v) is 2.88. The summed E-state index contributed by atoms with van der Waals surface area (Å²) in [4.78, 5) is 14.1.